The Kier molecular flexibility index (Phi) is 5.24. The molecule has 0 aliphatic rings. The molecule has 0 aromatic carbocycles. The average molecular weight is 292 g/mol. The topological polar surface area (TPSA) is 76.6 Å². The van der Waals surface area contributed by atoms with Crippen LogP contribution in [0.25, 0.3) is 0 Å². The van der Waals surface area contributed by atoms with Crippen molar-refractivity contribution < 1.29 is 17.9 Å². The van der Waals surface area contributed by atoms with Gasteiger partial charge in [0.1, 0.15) is 0 Å². The van der Waals surface area contributed by atoms with Crippen LogP contribution in [0.1, 0.15) is 17.8 Å². The molecule has 0 radical (unpaired) electrons. The van der Waals surface area contributed by atoms with E-state index in [9.17, 15) is 13.2 Å². The van der Waals surface area contributed by atoms with Crippen molar-refractivity contribution in [2.24, 2.45) is 0 Å². The summed E-state index contributed by atoms with van der Waals surface area (Å²) in [4.78, 5) is 14.8. The highest BCUT2D eigenvalue weighted by Crippen LogP contribution is 2.21. The molecule has 0 spiro atoms. The van der Waals surface area contributed by atoms with Crippen molar-refractivity contribution in [2.75, 3.05) is 20.7 Å². The molecule has 1 heterocycles. The number of hydrogen-bond donors (Lipinski definition) is 0. The Labute approximate surface area is 111 Å². The summed E-state index contributed by atoms with van der Waals surface area (Å²) in [7, 11) is -0.689. The molecular weight excluding hydrogens is 276 g/mol. The number of carbonyl (C=O) groups excluding carboxylic acids is 1. The van der Waals surface area contributed by atoms with Gasteiger partial charge in [0.2, 0.25) is 0 Å². The minimum Gasteiger partial charge on any atom is -0.469 e. The van der Waals surface area contributed by atoms with E-state index in [1.54, 1.807) is 6.92 Å². The van der Waals surface area contributed by atoms with E-state index < -0.39 is 10.0 Å². The van der Waals surface area contributed by atoms with Gasteiger partial charge in [-0.05, 0) is 13.3 Å². The van der Waals surface area contributed by atoms with E-state index in [0.29, 0.717) is 11.4 Å². The van der Waals surface area contributed by atoms with Gasteiger partial charge in [-0.25, -0.2) is 17.7 Å². The van der Waals surface area contributed by atoms with Crippen molar-refractivity contribution >= 4 is 27.3 Å². The van der Waals surface area contributed by atoms with Crippen LogP contribution in [0.3, 0.4) is 0 Å². The fourth-order valence-electron chi connectivity index (χ4n) is 1.28. The first-order valence-electron chi connectivity index (χ1n) is 5.33. The third kappa shape index (κ3) is 3.76. The molecule has 102 valence electrons. The van der Waals surface area contributed by atoms with Crippen LogP contribution in [-0.2, 0) is 19.6 Å². The van der Waals surface area contributed by atoms with E-state index in [2.05, 4.69) is 9.72 Å². The zero-order chi connectivity index (χ0) is 13.8. The van der Waals surface area contributed by atoms with Crippen molar-refractivity contribution in [3.05, 3.63) is 11.2 Å². The molecule has 0 unspecified atom stereocenters. The fraction of sp³-hybridized carbons (Fsp3) is 0.600. The van der Waals surface area contributed by atoms with Gasteiger partial charge >= 0.3 is 5.97 Å². The first-order valence-corrected chi connectivity index (χ1v) is 7.59. The molecule has 6 nitrogen and oxygen atoms in total. The number of aromatic nitrogens is 1. The second kappa shape index (κ2) is 6.26. The van der Waals surface area contributed by atoms with Gasteiger partial charge in [0.25, 0.3) is 10.0 Å². The molecule has 0 saturated heterocycles. The summed E-state index contributed by atoms with van der Waals surface area (Å²) in [5.74, 6) is -0.338. The number of esters is 1. The average Bonchev–Trinajstić information content (AvgIpc) is 2.76. The molecule has 0 fully saturated rings. The Morgan fingerprint density at radius 1 is 1.56 bits per heavy atom. The Bertz CT molecular complexity index is 510. The van der Waals surface area contributed by atoms with E-state index in [-0.39, 0.29) is 23.1 Å². The van der Waals surface area contributed by atoms with Gasteiger partial charge < -0.3 is 4.74 Å². The van der Waals surface area contributed by atoms with Gasteiger partial charge in [0.15, 0.2) is 4.21 Å². The number of sulfonamides is 1. The molecule has 18 heavy (non-hydrogen) atoms. The maximum atomic E-state index is 12.1. The minimum absolute atomic E-state index is 0.206. The Morgan fingerprint density at radius 2 is 2.22 bits per heavy atom. The number of ether oxygens (including phenoxy) is 1. The van der Waals surface area contributed by atoms with Gasteiger partial charge in [-0.15, -0.1) is 11.3 Å². The second-order valence-corrected chi connectivity index (χ2v) is 7.21. The maximum Gasteiger partial charge on any atom is 0.305 e. The molecule has 0 aliphatic carbocycles. The highest BCUT2D eigenvalue weighted by atomic mass is 32.2. The highest BCUT2D eigenvalue weighted by Gasteiger charge is 2.22. The minimum atomic E-state index is -3.49. The van der Waals surface area contributed by atoms with Crippen LogP contribution in [-0.4, -0.2) is 44.4 Å². The molecule has 1 rings (SSSR count). The quantitative estimate of drug-likeness (QED) is 0.732. The first kappa shape index (κ1) is 15.1. The largest absolute Gasteiger partial charge is 0.469 e. The SMILES string of the molecule is COC(=O)CCCN(C)S(=O)(=O)c1cnc(C)s1. The van der Waals surface area contributed by atoms with Crippen LogP contribution in [0.5, 0.6) is 0 Å². The summed E-state index contributed by atoms with van der Waals surface area (Å²) in [6.45, 7) is 2.02. The maximum absolute atomic E-state index is 12.1. The van der Waals surface area contributed by atoms with Crippen LogP contribution in [0.15, 0.2) is 10.4 Å². The van der Waals surface area contributed by atoms with Crippen LogP contribution < -0.4 is 0 Å². The lowest BCUT2D eigenvalue weighted by atomic mass is 10.3. The monoisotopic (exact) mass is 292 g/mol. The number of aryl methyl sites for hydroxylation is 1. The molecule has 1 aromatic heterocycles. The third-order valence-electron chi connectivity index (χ3n) is 2.35. The van der Waals surface area contributed by atoms with Crippen LogP contribution >= 0.6 is 11.3 Å². The van der Waals surface area contributed by atoms with E-state index in [0.717, 1.165) is 11.3 Å². The zero-order valence-corrected chi connectivity index (χ0v) is 12.2. The summed E-state index contributed by atoms with van der Waals surface area (Å²) in [6, 6.07) is 0. The van der Waals surface area contributed by atoms with E-state index in [1.165, 1.54) is 24.7 Å². The molecule has 0 N–H and O–H groups in total. The van der Waals surface area contributed by atoms with Gasteiger partial charge in [0, 0.05) is 20.0 Å². The van der Waals surface area contributed by atoms with Crippen molar-refractivity contribution in [1.82, 2.24) is 9.29 Å². The third-order valence-corrected chi connectivity index (χ3v) is 5.55. The normalized spacial score (nSPS) is 11.8. The lowest BCUT2D eigenvalue weighted by molar-refractivity contribution is -0.140. The molecule has 8 heteroatoms. The number of methoxy groups -OCH3 is 1. The lowest BCUT2D eigenvalue weighted by Gasteiger charge is -2.15. The van der Waals surface area contributed by atoms with Crippen molar-refractivity contribution in [3.63, 3.8) is 0 Å². The second-order valence-electron chi connectivity index (χ2n) is 3.70. The van der Waals surface area contributed by atoms with Crippen LogP contribution in [0.2, 0.25) is 0 Å². The van der Waals surface area contributed by atoms with Gasteiger partial charge in [-0.3, -0.25) is 4.79 Å². The molecule has 0 amide bonds. The zero-order valence-electron chi connectivity index (χ0n) is 10.5. The van der Waals surface area contributed by atoms with E-state index in [1.807, 2.05) is 0 Å². The summed E-state index contributed by atoms with van der Waals surface area (Å²) < 4.78 is 30.1. The number of thiazole rings is 1. The fourth-order valence-corrected chi connectivity index (χ4v) is 3.81. The Morgan fingerprint density at radius 3 is 2.72 bits per heavy atom. The van der Waals surface area contributed by atoms with Crippen LogP contribution in [0, 0.1) is 6.92 Å². The summed E-state index contributed by atoms with van der Waals surface area (Å²) >= 11 is 1.13. The molecule has 0 saturated carbocycles. The Hall–Kier alpha value is -0.990. The van der Waals surface area contributed by atoms with Crippen molar-refractivity contribution in [3.8, 4) is 0 Å². The van der Waals surface area contributed by atoms with Gasteiger partial charge in [-0.2, -0.15) is 0 Å². The lowest BCUT2D eigenvalue weighted by Crippen LogP contribution is -2.27. The smallest absolute Gasteiger partial charge is 0.305 e. The number of hydrogen-bond acceptors (Lipinski definition) is 6. The molecule has 0 bridgehead atoms. The summed E-state index contributed by atoms with van der Waals surface area (Å²) in [6.07, 6.45) is 1.99. The first-order chi connectivity index (χ1) is 8.37. The highest BCUT2D eigenvalue weighted by molar-refractivity contribution is 7.91. The van der Waals surface area contributed by atoms with Crippen molar-refractivity contribution in [1.29, 1.82) is 0 Å². The predicted molar refractivity (Wildman–Crippen MR) is 67.9 cm³/mol. The summed E-state index contributed by atoms with van der Waals surface area (Å²) in [5, 5.41) is 0.705. The molecule has 0 atom stereocenters. The molecular formula is C10H16N2O4S2. The number of nitrogens with zero attached hydrogens (tertiary/aromatic N) is 2. The van der Waals surface area contributed by atoms with Crippen LogP contribution in [0.4, 0.5) is 0 Å². The summed E-state index contributed by atoms with van der Waals surface area (Å²) in [5.41, 5.74) is 0. The Balaban J connectivity index is 2.60. The van der Waals surface area contributed by atoms with Crippen molar-refractivity contribution in [2.45, 2.75) is 24.0 Å². The van der Waals surface area contributed by atoms with Gasteiger partial charge in [0.05, 0.1) is 18.3 Å². The molecule has 1 aromatic rings. The number of carbonyl (C=O) groups is 1. The predicted octanol–water partition coefficient (Wildman–Crippen LogP) is 1.03. The number of rotatable bonds is 6. The van der Waals surface area contributed by atoms with E-state index >= 15 is 0 Å². The van der Waals surface area contributed by atoms with E-state index in [4.69, 9.17) is 0 Å². The standard InChI is InChI=1S/C10H16N2O4S2/c1-8-11-7-10(17-8)18(14,15)12(2)6-4-5-9(13)16-3/h7H,4-6H2,1-3H3. The molecule has 0 aliphatic heterocycles. The van der Waals surface area contributed by atoms with Gasteiger partial charge in [-0.1, -0.05) is 0 Å².